The van der Waals surface area contributed by atoms with Gasteiger partial charge >= 0.3 is 5.97 Å². The summed E-state index contributed by atoms with van der Waals surface area (Å²) in [5, 5.41) is 13.8. The molecule has 0 saturated heterocycles. The van der Waals surface area contributed by atoms with Crippen molar-refractivity contribution in [2.45, 2.75) is 35.6 Å². The molecule has 0 amide bonds. The Morgan fingerprint density at radius 3 is 2.46 bits per heavy atom. The van der Waals surface area contributed by atoms with Gasteiger partial charge in [0.1, 0.15) is 11.8 Å². The van der Waals surface area contributed by atoms with Gasteiger partial charge in [0.2, 0.25) is 11.5 Å². The van der Waals surface area contributed by atoms with Crippen molar-refractivity contribution in [2.24, 2.45) is 0 Å². The fourth-order valence-corrected chi connectivity index (χ4v) is 4.46. The molecular formula is C16H25NO7S2. The number of esters is 1. The van der Waals surface area contributed by atoms with Crippen LogP contribution in [0.25, 0.3) is 0 Å². The van der Waals surface area contributed by atoms with E-state index in [9.17, 15) is 18.3 Å². The predicted octanol–water partition coefficient (Wildman–Crippen LogP) is 0.380. The van der Waals surface area contributed by atoms with Gasteiger partial charge < -0.3 is 19.7 Å². The van der Waals surface area contributed by atoms with Crippen LogP contribution < -0.4 is 9.46 Å². The van der Waals surface area contributed by atoms with Crippen molar-refractivity contribution in [3.8, 4) is 5.75 Å². The number of aliphatic hydroxyl groups is 2. The fraction of sp³-hybridized carbons (Fsp3) is 0.562. The monoisotopic (exact) mass is 409 g/mol. The molecule has 26 heavy (non-hydrogen) atoms. The molecule has 0 aliphatic rings. The molecule has 0 bridgehead atoms. The number of carbonyl (C=O) groups is 1. The Hall–Kier alpha value is -1.33. The number of ether oxygens (including phenoxy) is 2. The van der Waals surface area contributed by atoms with E-state index < -0.39 is 32.9 Å². The quantitative estimate of drug-likeness (QED) is 0.449. The third-order valence-electron chi connectivity index (χ3n) is 3.61. The minimum absolute atomic E-state index is 0.0272. The molecule has 1 aromatic carbocycles. The van der Waals surface area contributed by atoms with Crippen LogP contribution in [0, 0.1) is 0 Å². The minimum atomic E-state index is -4.01. The maximum Gasteiger partial charge on any atom is 0.325 e. The molecular weight excluding hydrogens is 382 g/mol. The van der Waals surface area contributed by atoms with E-state index in [1.807, 2.05) is 0 Å². The van der Waals surface area contributed by atoms with E-state index in [0.717, 1.165) is 11.8 Å². The largest absolute Gasteiger partial charge is 0.497 e. The van der Waals surface area contributed by atoms with Crippen LogP contribution in [-0.2, 0) is 19.6 Å². The number of sulfonamides is 1. The highest BCUT2D eigenvalue weighted by Crippen LogP contribution is 2.30. The van der Waals surface area contributed by atoms with E-state index in [4.69, 9.17) is 10.9 Å². The summed E-state index contributed by atoms with van der Waals surface area (Å²) in [4.78, 5) is 12.2. The second kappa shape index (κ2) is 9.56. The van der Waals surface area contributed by atoms with Crippen LogP contribution in [0.5, 0.6) is 5.75 Å². The third-order valence-corrected chi connectivity index (χ3v) is 6.58. The molecule has 1 unspecified atom stereocenters. The van der Waals surface area contributed by atoms with Crippen LogP contribution in [0.3, 0.4) is 0 Å². The second-order valence-electron chi connectivity index (χ2n) is 5.99. The van der Waals surface area contributed by atoms with E-state index in [2.05, 4.69) is 9.83 Å². The maximum atomic E-state index is 12.7. The zero-order valence-electron chi connectivity index (χ0n) is 16.1. The number of nitrogens with one attached hydrogen (secondary N) is 1. The Bertz CT molecular complexity index is 710. The van der Waals surface area contributed by atoms with Crippen LogP contribution in [0.4, 0.5) is 0 Å². The fourth-order valence-electron chi connectivity index (χ4n) is 2.01. The molecule has 0 aliphatic heterocycles. The summed E-state index contributed by atoms with van der Waals surface area (Å²) < 4.78 is 43.2. The first kappa shape index (κ1) is 21.0. The van der Waals surface area contributed by atoms with Gasteiger partial charge in [-0.05, 0) is 38.1 Å². The van der Waals surface area contributed by atoms with E-state index >= 15 is 0 Å². The third kappa shape index (κ3) is 6.13. The highest BCUT2D eigenvalue weighted by molar-refractivity contribution is 8.00. The Kier molecular flexibility index (Phi) is 7.71. The zero-order valence-corrected chi connectivity index (χ0v) is 16.7. The minimum Gasteiger partial charge on any atom is -0.497 e. The number of methoxy groups -OCH3 is 2. The van der Waals surface area contributed by atoms with Crippen LogP contribution in [-0.4, -0.2) is 69.5 Å². The number of rotatable bonds is 11. The maximum absolute atomic E-state index is 12.7. The van der Waals surface area contributed by atoms with Crippen molar-refractivity contribution in [2.75, 3.05) is 26.6 Å². The molecule has 0 radical (unpaired) electrons. The second-order valence-corrected chi connectivity index (χ2v) is 9.38. The number of thioether (sulfide) groups is 1. The van der Waals surface area contributed by atoms with Crippen molar-refractivity contribution in [3.05, 3.63) is 24.3 Å². The van der Waals surface area contributed by atoms with E-state index in [1.165, 1.54) is 38.5 Å². The number of carbonyl (C=O) groups excluding carboxylic acids is 1. The molecule has 10 heteroatoms. The molecule has 0 heterocycles. The van der Waals surface area contributed by atoms with Crippen LogP contribution in [0.1, 0.15) is 13.8 Å². The lowest BCUT2D eigenvalue weighted by Gasteiger charge is -2.32. The van der Waals surface area contributed by atoms with Gasteiger partial charge in [-0.2, -0.15) is 16.5 Å². The molecule has 0 spiro atoms. The molecule has 3 N–H and O–H groups in total. The van der Waals surface area contributed by atoms with Gasteiger partial charge in [0.15, 0.2) is 0 Å². The standard InChI is InChI=1S/C16H25NO7S2/c1-16(2,25-10-11(19)9-18)14(15(20)24-4)17-26(21,22)13-7-5-12(23-3)6-8-13/h5-8,11,14,17-19H,9-10H2,1-4H3/t11?,14-/m0/s1/i18T. The van der Waals surface area contributed by atoms with E-state index in [1.54, 1.807) is 13.8 Å². The first-order valence-electron chi connectivity index (χ1n) is 8.12. The Balaban J connectivity index is 3.02. The first-order chi connectivity index (χ1) is 12.6. The van der Waals surface area contributed by atoms with Gasteiger partial charge in [-0.3, -0.25) is 4.79 Å². The lowest BCUT2D eigenvalue weighted by Crippen LogP contribution is -2.53. The number of benzene rings is 1. The van der Waals surface area contributed by atoms with Crippen LogP contribution in [0.2, 0.25) is 0 Å². The van der Waals surface area contributed by atoms with Crippen LogP contribution >= 0.6 is 11.8 Å². The summed E-state index contributed by atoms with van der Waals surface area (Å²) in [5.74, 6) is -0.111. The van der Waals surface area contributed by atoms with Crippen molar-refractivity contribution in [3.63, 3.8) is 0 Å². The number of hydrogen-bond acceptors (Lipinski definition) is 8. The average molecular weight is 410 g/mol. The van der Waals surface area contributed by atoms with Crippen molar-refractivity contribution in [1.82, 2.24) is 4.72 Å². The Morgan fingerprint density at radius 1 is 1.35 bits per heavy atom. The summed E-state index contributed by atoms with van der Waals surface area (Å²) in [7, 11) is -1.37. The summed E-state index contributed by atoms with van der Waals surface area (Å²) in [6.07, 6.45) is -0.928. The zero-order chi connectivity index (χ0) is 20.7. The smallest absolute Gasteiger partial charge is 0.325 e. The molecule has 0 saturated carbocycles. The topological polar surface area (TPSA) is 122 Å². The van der Waals surface area contributed by atoms with Crippen molar-refractivity contribution in [1.29, 1.82) is 1.43 Å². The van der Waals surface area contributed by atoms with Crippen molar-refractivity contribution >= 4 is 27.8 Å². The molecule has 1 aromatic rings. The summed E-state index contributed by atoms with van der Waals surface area (Å²) in [5.41, 5.74) is 0. The Labute approximate surface area is 159 Å². The molecule has 0 aromatic heterocycles. The normalized spacial score (nSPS) is 15.0. The molecule has 2 atom stereocenters. The van der Waals surface area contributed by atoms with E-state index in [0.29, 0.717) is 5.75 Å². The molecule has 8 nitrogen and oxygen atoms in total. The lowest BCUT2D eigenvalue weighted by molar-refractivity contribution is -0.143. The lowest BCUT2D eigenvalue weighted by atomic mass is 10.0. The van der Waals surface area contributed by atoms with Gasteiger partial charge in [-0.1, -0.05) is 0 Å². The van der Waals surface area contributed by atoms with Gasteiger partial charge in [-0.25, -0.2) is 8.42 Å². The number of aliphatic hydroxyl groups excluding tert-OH is 2. The van der Waals surface area contributed by atoms with Gasteiger partial charge in [0, 0.05) is 10.5 Å². The summed E-state index contributed by atoms with van der Waals surface area (Å²) in [6.45, 7) is 3.12. The highest BCUT2D eigenvalue weighted by Gasteiger charge is 2.40. The molecule has 0 fully saturated rings. The predicted molar refractivity (Wildman–Crippen MR) is 98.7 cm³/mol. The molecule has 0 aliphatic carbocycles. The molecule has 1 rings (SSSR count). The van der Waals surface area contributed by atoms with Gasteiger partial charge in [0.25, 0.3) is 0 Å². The van der Waals surface area contributed by atoms with Gasteiger partial charge in [-0.15, -0.1) is 0 Å². The van der Waals surface area contributed by atoms with Gasteiger partial charge in [0.05, 0.1) is 31.8 Å². The van der Waals surface area contributed by atoms with E-state index in [-0.39, 0.29) is 17.3 Å². The summed E-state index contributed by atoms with van der Waals surface area (Å²) >= 11 is 1.16. The first-order valence-corrected chi connectivity index (χ1v) is 10.2. The Morgan fingerprint density at radius 2 is 1.96 bits per heavy atom. The highest BCUT2D eigenvalue weighted by atomic mass is 32.2. The average Bonchev–Trinajstić information content (AvgIpc) is 2.64. The summed E-state index contributed by atoms with van der Waals surface area (Å²) in [6, 6.07) is 4.52. The molecule has 148 valence electrons. The van der Waals surface area contributed by atoms with Crippen molar-refractivity contribution < 1.29 is 32.9 Å². The SMILES string of the molecule is [3H]OCC(O)CSC(C)(C)[C@@H](NS(=O)(=O)c1ccc(OC)cc1)C(=O)OC. The number of hydrogen-bond donors (Lipinski definition) is 3. The van der Waals surface area contributed by atoms with Crippen LogP contribution in [0.15, 0.2) is 29.2 Å².